The zero-order valence-corrected chi connectivity index (χ0v) is 13.8. The van der Waals surface area contributed by atoms with E-state index in [0.29, 0.717) is 5.92 Å². The van der Waals surface area contributed by atoms with Gasteiger partial charge >= 0.3 is 0 Å². The molecule has 0 aliphatic heterocycles. The van der Waals surface area contributed by atoms with Gasteiger partial charge in [0.2, 0.25) is 5.91 Å². The number of amides is 1. The molecule has 0 aromatic heterocycles. The van der Waals surface area contributed by atoms with Crippen LogP contribution in [0.4, 0.5) is 5.69 Å². The van der Waals surface area contributed by atoms with Crippen molar-refractivity contribution in [3.63, 3.8) is 0 Å². The Morgan fingerprint density at radius 3 is 2.35 bits per heavy atom. The number of para-hydroxylation sites is 1. The molecule has 3 nitrogen and oxygen atoms in total. The van der Waals surface area contributed by atoms with Crippen LogP contribution in [0.5, 0.6) is 0 Å². The van der Waals surface area contributed by atoms with Crippen LogP contribution in [0.1, 0.15) is 36.9 Å². The average molecular weight is 308 g/mol. The Balaban J connectivity index is 1.66. The molecule has 0 bridgehead atoms. The molecule has 0 radical (unpaired) electrons. The minimum Gasteiger partial charge on any atom is -0.324 e. The molecule has 0 heterocycles. The lowest BCUT2D eigenvalue weighted by Crippen LogP contribution is -2.41. The standard InChI is InChI=1S/C20H24N2O/c1-14-8-6-7-11-18(14)22-20(23)15(2)21-19(17-12-13-17)16-9-4-3-5-10-16/h3-11,15,17,19,21H,12-13H2,1-2H3,(H,22,23)/t15-,19-/m1/s1. The number of nitrogens with one attached hydrogen (secondary N) is 2. The van der Waals surface area contributed by atoms with Crippen molar-refractivity contribution in [3.8, 4) is 0 Å². The average Bonchev–Trinajstić information content (AvgIpc) is 3.40. The van der Waals surface area contributed by atoms with Gasteiger partial charge in [-0.1, -0.05) is 48.5 Å². The summed E-state index contributed by atoms with van der Waals surface area (Å²) in [5, 5.41) is 6.55. The third kappa shape index (κ3) is 3.99. The van der Waals surface area contributed by atoms with E-state index < -0.39 is 0 Å². The molecule has 0 unspecified atom stereocenters. The number of carbonyl (C=O) groups excluding carboxylic acids is 1. The normalized spacial score (nSPS) is 16.6. The number of aryl methyl sites for hydroxylation is 1. The third-order valence-electron chi connectivity index (χ3n) is 4.48. The molecule has 1 aliphatic carbocycles. The number of hydrogen-bond acceptors (Lipinski definition) is 2. The lowest BCUT2D eigenvalue weighted by Gasteiger charge is -2.23. The number of hydrogen-bond donors (Lipinski definition) is 2. The molecule has 1 aliphatic rings. The molecule has 2 aromatic rings. The highest BCUT2D eigenvalue weighted by Crippen LogP contribution is 2.41. The number of anilines is 1. The molecule has 1 amide bonds. The predicted molar refractivity (Wildman–Crippen MR) is 94.3 cm³/mol. The molecular formula is C20H24N2O. The molecule has 2 aromatic carbocycles. The molecule has 23 heavy (non-hydrogen) atoms. The van der Waals surface area contributed by atoms with Crippen LogP contribution in [-0.2, 0) is 4.79 Å². The van der Waals surface area contributed by atoms with Crippen molar-refractivity contribution in [1.82, 2.24) is 5.32 Å². The fraction of sp³-hybridized carbons (Fsp3) is 0.350. The topological polar surface area (TPSA) is 41.1 Å². The van der Waals surface area contributed by atoms with Gasteiger partial charge in [0, 0.05) is 11.7 Å². The van der Waals surface area contributed by atoms with Crippen molar-refractivity contribution in [2.45, 2.75) is 38.8 Å². The van der Waals surface area contributed by atoms with Gasteiger partial charge in [0.15, 0.2) is 0 Å². The summed E-state index contributed by atoms with van der Waals surface area (Å²) in [5.74, 6) is 0.659. The number of carbonyl (C=O) groups is 1. The van der Waals surface area contributed by atoms with Crippen molar-refractivity contribution < 1.29 is 4.79 Å². The largest absolute Gasteiger partial charge is 0.324 e. The minimum absolute atomic E-state index is 0.0147. The van der Waals surface area contributed by atoms with Crippen molar-refractivity contribution in [2.75, 3.05) is 5.32 Å². The Bertz CT molecular complexity index is 664. The molecule has 2 atom stereocenters. The van der Waals surface area contributed by atoms with Crippen molar-refractivity contribution >= 4 is 11.6 Å². The van der Waals surface area contributed by atoms with Gasteiger partial charge in [-0.25, -0.2) is 0 Å². The summed E-state index contributed by atoms with van der Waals surface area (Å²) in [5.41, 5.74) is 3.23. The van der Waals surface area contributed by atoms with E-state index in [1.54, 1.807) is 0 Å². The van der Waals surface area contributed by atoms with Gasteiger partial charge in [0.1, 0.15) is 0 Å². The first-order valence-electron chi connectivity index (χ1n) is 8.32. The van der Waals surface area contributed by atoms with Crippen LogP contribution in [0.2, 0.25) is 0 Å². The van der Waals surface area contributed by atoms with E-state index in [2.05, 4.69) is 34.9 Å². The monoisotopic (exact) mass is 308 g/mol. The van der Waals surface area contributed by atoms with E-state index in [-0.39, 0.29) is 18.0 Å². The summed E-state index contributed by atoms with van der Waals surface area (Å²) < 4.78 is 0. The first-order chi connectivity index (χ1) is 11.1. The highest BCUT2D eigenvalue weighted by Gasteiger charge is 2.33. The molecule has 0 saturated heterocycles. The van der Waals surface area contributed by atoms with Crippen LogP contribution < -0.4 is 10.6 Å². The summed E-state index contributed by atoms with van der Waals surface area (Å²) in [6, 6.07) is 18.3. The van der Waals surface area contributed by atoms with E-state index in [9.17, 15) is 4.79 Å². The lowest BCUT2D eigenvalue weighted by molar-refractivity contribution is -0.118. The molecule has 120 valence electrons. The summed E-state index contributed by atoms with van der Waals surface area (Å²) >= 11 is 0. The lowest BCUT2D eigenvalue weighted by atomic mass is 10.0. The Kier molecular flexibility index (Phi) is 4.77. The predicted octanol–water partition coefficient (Wildman–Crippen LogP) is 4.06. The third-order valence-corrected chi connectivity index (χ3v) is 4.48. The Labute approximate surface area is 138 Å². The second-order valence-corrected chi connectivity index (χ2v) is 6.42. The molecule has 1 fully saturated rings. The number of benzene rings is 2. The Morgan fingerprint density at radius 1 is 1.04 bits per heavy atom. The van der Waals surface area contributed by atoms with Gasteiger partial charge in [-0.15, -0.1) is 0 Å². The fourth-order valence-electron chi connectivity index (χ4n) is 2.89. The summed E-state index contributed by atoms with van der Waals surface area (Å²) in [6.07, 6.45) is 2.47. The highest BCUT2D eigenvalue weighted by molar-refractivity contribution is 5.95. The first kappa shape index (κ1) is 15.8. The van der Waals surface area contributed by atoms with Crippen LogP contribution in [0, 0.1) is 12.8 Å². The van der Waals surface area contributed by atoms with Crippen LogP contribution in [0.3, 0.4) is 0 Å². The SMILES string of the molecule is Cc1ccccc1NC(=O)[C@@H](C)N[C@H](c1ccccc1)C1CC1. The van der Waals surface area contributed by atoms with Crippen LogP contribution in [0.15, 0.2) is 54.6 Å². The fourth-order valence-corrected chi connectivity index (χ4v) is 2.89. The maximum absolute atomic E-state index is 12.5. The van der Waals surface area contributed by atoms with Crippen LogP contribution >= 0.6 is 0 Å². The van der Waals surface area contributed by atoms with E-state index >= 15 is 0 Å². The quantitative estimate of drug-likeness (QED) is 0.845. The van der Waals surface area contributed by atoms with Crippen LogP contribution in [-0.4, -0.2) is 11.9 Å². The van der Waals surface area contributed by atoms with Crippen molar-refractivity contribution in [2.24, 2.45) is 5.92 Å². The summed E-state index contributed by atoms with van der Waals surface area (Å²) in [4.78, 5) is 12.5. The maximum atomic E-state index is 12.5. The Hall–Kier alpha value is -2.13. The van der Waals surface area contributed by atoms with Gasteiger partial charge in [-0.05, 0) is 49.8 Å². The molecule has 0 spiro atoms. The molecule has 2 N–H and O–H groups in total. The first-order valence-corrected chi connectivity index (χ1v) is 8.32. The zero-order chi connectivity index (χ0) is 16.2. The van der Waals surface area contributed by atoms with Crippen LogP contribution in [0.25, 0.3) is 0 Å². The van der Waals surface area contributed by atoms with Gasteiger partial charge in [0.25, 0.3) is 0 Å². The second-order valence-electron chi connectivity index (χ2n) is 6.42. The molecule has 1 saturated carbocycles. The van der Waals surface area contributed by atoms with E-state index in [1.165, 1.54) is 18.4 Å². The smallest absolute Gasteiger partial charge is 0.241 e. The van der Waals surface area contributed by atoms with E-state index in [1.807, 2.05) is 44.2 Å². The molecular weight excluding hydrogens is 284 g/mol. The zero-order valence-electron chi connectivity index (χ0n) is 13.8. The molecule has 3 heteroatoms. The van der Waals surface area contributed by atoms with Gasteiger partial charge in [0.05, 0.1) is 6.04 Å². The van der Waals surface area contributed by atoms with Crippen molar-refractivity contribution in [3.05, 3.63) is 65.7 Å². The second kappa shape index (κ2) is 6.97. The van der Waals surface area contributed by atoms with E-state index in [0.717, 1.165) is 11.3 Å². The van der Waals surface area contributed by atoms with Gasteiger partial charge in [-0.2, -0.15) is 0 Å². The van der Waals surface area contributed by atoms with Gasteiger partial charge < -0.3 is 5.32 Å². The van der Waals surface area contributed by atoms with Crippen molar-refractivity contribution in [1.29, 1.82) is 0 Å². The number of rotatable bonds is 6. The van der Waals surface area contributed by atoms with E-state index in [4.69, 9.17) is 0 Å². The summed E-state index contributed by atoms with van der Waals surface area (Å²) in [6.45, 7) is 3.94. The minimum atomic E-state index is -0.236. The van der Waals surface area contributed by atoms with Gasteiger partial charge in [-0.3, -0.25) is 10.1 Å². The maximum Gasteiger partial charge on any atom is 0.241 e. The summed E-state index contributed by atoms with van der Waals surface area (Å²) in [7, 11) is 0. The molecule has 3 rings (SSSR count). The Morgan fingerprint density at radius 2 is 1.70 bits per heavy atom. The highest BCUT2D eigenvalue weighted by atomic mass is 16.2.